The summed E-state index contributed by atoms with van der Waals surface area (Å²) in [6, 6.07) is 0. The van der Waals surface area contributed by atoms with E-state index in [0.29, 0.717) is 0 Å². The summed E-state index contributed by atoms with van der Waals surface area (Å²) in [5.74, 6) is 0. The lowest BCUT2D eigenvalue weighted by Gasteiger charge is -2.07. The van der Waals surface area contributed by atoms with E-state index in [0.717, 1.165) is 29.4 Å². The van der Waals surface area contributed by atoms with Crippen LogP contribution in [0.1, 0.15) is 30.2 Å². The Hall–Kier alpha value is -0.570. The Morgan fingerprint density at radius 2 is 2.23 bits per heavy atom. The van der Waals surface area contributed by atoms with Crippen LogP contribution in [0.25, 0.3) is 0 Å². The highest BCUT2D eigenvalue weighted by atomic mass is 79.9. The van der Waals surface area contributed by atoms with E-state index in [-0.39, 0.29) is 5.56 Å². The molecule has 0 spiro atoms. The number of aromatic nitrogens is 1. The second-order valence-electron chi connectivity index (χ2n) is 3.41. The summed E-state index contributed by atoms with van der Waals surface area (Å²) in [7, 11) is 0. The summed E-state index contributed by atoms with van der Waals surface area (Å²) in [5.41, 5.74) is 3.76. The Morgan fingerprint density at radius 1 is 1.46 bits per heavy atom. The molecule has 1 aromatic heterocycles. The van der Waals surface area contributed by atoms with E-state index >= 15 is 0 Å². The lowest BCUT2D eigenvalue weighted by Crippen LogP contribution is -2.13. The molecule has 2 nitrogen and oxygen atoms in total. The quantitative estimate of drug-likeness (QED) is 0.804. The van der Waals surface area contributed by atoms with Gasteiger partial charge in [0.05, 0.1) is 4.47 Å². The summed E-state index contributed by atoms with van der Waals surface area (Å²) < 4.78 is 0.732. The third-order valence-corrected chi connectivity index (χ3v) is 3.50. The van der Waals surface area contributed by atoms with E-state index < -0.39 is 0 Å². The van der Waals surface area contributed by atoms with Crippen molar-refractivity contribution in [2.24, 2.45) is 0 Å². The number of fused-ring (bicyclic) bond motifs is 1. The van der Waals surface area contributed by atoms with Gasteiger partial charge in [0, 0.05) is 5.69 Å². The number of nitrogens with one attached hydrogen (secondary N) is 1. The molecule has 0 saturated carbocycles. The van der Waals surface area contributed by atoms with Crippen molar-refractivity contribution in [1.82, 2.24) is 4.98 Å². The molecule has 1 N–H and O–H groups in total. The van der Waals surface area contributed by atoms with Crippen molar-refractivity contribution in [1.29, 1.82) is 0 Å². The maximum absolute atomic E-state index is 11.5. The first-order chi connectivity index (χ1) is 6.24. The van der Waals surface area contributed by atoms with Crippen LogP contribution in [0, 0.1) is 0 Å². The molecule has 3 heteroatoms. The molecule has 0 fully saturated rings. The van der Waals surface area contributed by atoms with Crippen LogP contribution in [0.5, 0.6) is 0 Å². The molecule has 0 amide bonds. The zero-order valence-electron chi connectivity index (χ0n) is 7.61. The van der Waals surface area contributed by atoms with Gasteiger partial charge in [-0.25, -0.2) is 0 Å². The summed E-state index contributed by atoms with van der Waals surface area (Å²) in [5, 5.41) is 0. The molecule has 0 unspecified atom stereocenters. The fourth-order valence-electron chi connectivity index (χ4n) is 2.04. The van der Waals surface area contributed by atoms with Crippen LogP contribution < -0.4 is 5.56 Å². The van der Waals surface area contributed by atoms with Gasteiger partial charge in [-0.1, -0.05) is 6.92 Å². The van der Waals surface area contributed by atoms with E-state index in [4.69, 9.17) is 0 Å². The van der Waals surface area contributed by atoms with Crippen molar-refractivity contribution in [2.75, 3.05) is 0 Å². The topological polar surface area (TPSA) is 32.9 Å². The van der Waals surface area contributed by atoms with Gasteiger partial charge >= 0.3 is 0 Å². The fourth-order valence-corrected chi connectivity index (χ4v) is 2.66. The minimum Gasteiger partial charge on any atom is -0.325 e. The molecule has 1 aliphatic carbocycles. The number of pyridine rings is 1. The normalized spacial score (nSPS) is 14.6. The Balaban J connectivity index is 2.71. The molecule has 13 heavy (non-hydrogen) atoms. The number of aryl methyl sites for hydroxylation is 1. The molecule has 0 bridgehead atoms. The van der Waals surface area contributed by atoms with Crippen molar-refractivity contribution >= 4 is 15.9 Å². The van der Waals surface area contributed by atoms with Crippen LogP contribution >= 0.6 is 15.9 Å². The van der Waals surface area contributed by atoms with Crippen molar-refractivity contribution < 1.29 is 0 Å². The zero-order valence-corrected chi connectivity index (χ0v) is 9.20. The van der Waals surface area contributed by atoms with Gasteiger partial charge in [0.2, 0.25) is 0 Å². The summed E-state index contributed by atoms with van der Waals surface area (Å²) in [6.45, 7) is 2.10. The molecular weight excluding hydrogens is 230 g/mol. The third kappa shape index (κ3) is 1.35. The van der Waals surface area contributed by atoms with Crippen LogP contribution in [0.4, 0.5) is 0 Å². The summed E-state index contributed by atoms with van der Waals surface area (Å²) in [4.78, 5) is 14.4. The molecule has 0 atom stereocenters. The van der Waals surface area contributed by atoms with Gasteiger partial charge in [0.25, 0.3) is 5.56 Å². The van der Waals surface area contributed by atoms with Crippen LogP contribution in [-0.2, 0) is 19.3 Å². The minimum atomic E-state index is 0.0255. The van der Waals surface area contributed by atoms with Gasteiger partial charge < -0.3 is 4.98 Å². The number of halogens is 1. The van der Waals surface area contributed by atoms with Crippen LogP contribution in [0.15, 0.2) is 9.27 Å². The van der Waals surface area contributed by atoms with E-state index in [2.05, 4.69) is 27.8 Å². The average molecular weight is 242 g/mol. The Bertz CT molecular complexity index is 395. The van der Waals surface area contributed by atoms with Crippen molar-refractivity contribution in [2.45, 2.75) is 32.6 Å². The maximum Gasteiger partial charge on any atom is 0.262 e. The van der Waals surface area contributed by atoms with Gasteiger partial charge in [-0.15, -0.1) is 0 Å². The van der Waals surface area contributed by atoms with Gasteiger partial charge in [0.15, 0.2) is 0 Å². The van der Waals surface area contributed by atoms with Gasteiger partial charge in [-0.2, -0.15) is 0 Å². The second-order valence-corrected chi connectivity index (χ2v) is 4.20. The number of hydrogen-bond acceptors (Lipinski definition) is 1. The third-order valence-electron chi connectivity index (χ3n) is 2.66. The Labute approximate surface area is 85.5 Å². The van der Waals surface area contributed by atoms with Crippen LogP contribution in [0.3, 0.4) is 0 Å². The number of hydrogen-bond donors (Lipinski definition) is 1. The summed E-state index contributed by atoms with van der Waals surface area (Å²) in [6.07, 6.45) is 4.26. The smallest absolute Gasteiger partial charge is 0.262 e. The van der Waals surface area contributed by atoms with E-state index in [1.165, 1.54) is 17.5 Å². The van der Waals surface area contributed by atoms with Gasteiger partial charge in [0.1, 0.15) is 0 Å². The molecule has 70 valence electrons. The van der Waals surface area contributed by atoms with E-state index in [1.807, 2.05) is 0 Å². The molecule has 0 saturated heterocycles. The second kappa shape index (κ2) is 3.29. The van der Waals surface area contributed by atoms with Crippen molar-refractivity contribution in [3.8, 4) is 0 Å². The first-order valence-corrected chi connectivity index (χ1v) is 5.45. The number of H-pyrrole nitrogens is 1. The predicted octanol–water partition coefficient (Wildman–Crippen LogP) is 2.19. The molecule has 0 aliphatic heterocycles. The molecule has 0 radical (unpaired) electrons. The van der Waals surface area contributed by atoms with Gasteiger partial charge in [-0.3, -0.25) is 4.79 Å². The van der Waals surface area contributed by atoms with E-state index in [9.17, 15) is 4.79 Å². The average Bonchev–Trinajstić information content (AvgIpc) is 2.54. The summed E-state index contributed by atoms with van der Waals surface area (Å²) >= 11 is 3.35. The van der Waals surface area contributed by atoms with Gasteiger partial charge in [-0.05, 0) is 52.7 Å². The lowest BCUT2D eigenvalue weighted by atomic mass is 10.1. The van der Waals surface area contributed by atoms with Crippen LogP contribution in [0.2, 0.25) is 0 Å². The molecule has 2 rings (SSSR count). The molecule has 1 aromatic rings. The minimum absolute atomic E-state index is 0.0255. The number of rotatable bonds is 1. The predicted molar refractivity (Wildman–Crippen MR) is 56.2 cm³/mol. The lowest BCUT2D eigenvalue weighted by molar-refractivity contribution is 0.895. The molecule has 0 aromatic carbocycles. The maximum atomic E-state index is 11.5. The molecular formula is C10H12BrNO. The Morgan fingerprint density at radius 3 is 2.92 bits per heavy atom. The fraction of sp³-hybridized carbons (Fsp3) is 0.500. The first kappa shape index (κ1) is 9.00. The highest BCUT2D eigenvalue weighted by Gasteiger charge is 2.18. The highest BCUT2D eigenvalue weighted by molar-refractivity contribution is 9.10. The molecule has 1 heterocycles. The standard InChI is InChI=1S/C10H12BrNO/c1-2-6-7-4-3-5-8(7)12-10(13)9(6)11/h2-5H2,1H3,(H,12,13). The zero-order chi connectivity index (χ0) is 9.42. The number of aromatic amines is 1. The van der Waals surface area contributed by atoms with Crippen molar-refractivity contribution in [3.05, 3.63) is 31.6 Å². The molecule has 1 aliphatic rings. The monoisotopic (exact) mass is 241 g/mol. The first-order valence-electron chi connectivity index (χ1n) is 4.66. The van der Waals surface area contributed by atoms with Crippen molar-refractivity contribution in [3.63, 3.8) is 0 Å². The Kier molecular flexibility index (Phi) is 2.28. The van der Waals surface area contributed by atoms with Crippen LogP contribution in [-0.4, -0.2) is 4.98 Å². The highest BCUT2D eigenvalue weighted by Crippen LogP contribution is 2.26. The van der Waals surface area contributed by atoms with E-state index in [1.54, 1.807) is 0 Å². The largest absolute Gasteiger partial charge is 0.325 e. The SMILES string of the molecule is CCc1c2c([nH]c(=O)c1Br)CCC2.